The van der Waals surface area contributed by atoms with E-state index < -0.39 is 0 Å². The highest BCUT2D eigenvalue weighted by atomic mass is 32.1. The number of aryl methyl sites for hydroxylation is 2. The van der Waals surface area contributed by atoms with Gasteiger partial charge >= 0.3 is 0 Å². The molecule has 2 aromatic rings. The molecule has 0 saturated carbocycles. The Kier molecular flexibility index (Phi) is 3.46. The normalized spacial score (nSPS) is 21.6. The molecule has 1 atom stereocenters. The Bertz CT molecular complexity index is 572. The molecule has 100 valence electrons. The van der Waals surface area contributed by atoms with Crippen molar-refractivity contribution < 1.29 is 0 Å². The van der Waals surface area contributed by atoms with E-state index in [0.29, 0.717) is 0 Å². The third-order valence-electron chi connectivity index (χ3n) is 4.43. The zero-order chi connectivity index (χ0) is 13.3. The van der Waals surface area contributed by atoms with E-state index in [2.05, 4.69) is 43.3 Å². The van der Waals surface area contributed by atoms with Crippen molar-refractivity contribution in [3.63, 3.8) is 0 Å². The Hall–Kier alpha value is -1.12. The van der Waals surface area contributed by atoms with Gasteiger partial charge in [-0.3, -0.25) is 0 Å². The number of fused-ring (bicyclic) bond motifs is 1. The Balaban J connectivity index is 1.93. The van der Waals surface area contributed by atoms with Crippen LogP contribution in [0.25, 0.3) is 0 Å². The minimum Gasteiger partial charge on any atom is -0.330 e. The van der Waals surface area contributed by atoms with Gasteiger partial charge < -0.3 is 5.73 Å². The fraction of sp³-hybridized carbons (Fsp3) is 0.412. The lowest BCUT2D eigenvalue weighted by Gasteiger charge is -2.28. The van der Waals surface area contributed by atoms with Crippen LogP contribution in [0.1, 0.15) is 34.2 Å². The van der Waals surface area contributed by atoms with Crippen LogP contribution in [0.4, 0.5) is 0 Å². The molecule has 0 aliphatic heterocycles. The van der Waals surface area contributed by atoms with Crippen molar-refractivity contribution >= 4 is 11.3 Å². The Morgan fingerprint density at radius 1 is 1.16 bits per heavy atom. The Labute approximate surface area is 119 Å². The van der Waals surface area contributed by atoms with Crippen LogP contribution in [-0.4, -0.2) is 6.54 Å². The predicted molar refractivity (Wildman–Crippen MR) is 82.9 cm³/mol. The van der Waals surface area contributed by atoms with Crippen LogP contribution in [0, 0.1) is 0 Å². The topological polar surface area (TPSA) is 26.0 Å². The summed E-state index contributed by atoms with van der Waals surface area (Å²) in [5.41, 5.74) is 9.34. The number of benzene rings is 1. The van der Waals surface area contributed by atoms with Crippen molar-refractivity contribution in [2.24, 2.45) is 5.73 Å². The second-order valence-corrected chi connectivity index (χ2v) is 6.79. The molecule has 0 saturated heterocycles. The lowest BCUT2D eigenvalue weighted by atomic mass is 9.78. The van der Waals surface area contributed by atoms with Crippen LogP contribution < -0.4 is 5.73 Å². The highest BCUT2D eigenvalue weighted by Crippen LogP contribution is 2.41. The zero-order valence-electron chi connectivity index (χ0n) is 11.5. The SMILES string of the molecule is CCc1ccc(CC2(CN)CCc3ccccc32)s1. The predicted octanol–water partition coefficient (Wildman–Crippen LogP) is 3.70. The third kappa shape index (κ3) is 2.24. The molecule has 19 heavy (non-hydrogen) atoms. The van der Waals surface area contributed by atoms with Gasteiger partial charge in [-0.25, -0.2) is 0 Å². The van der Waals surface area contributed by atoms with Gasteiger partial charge in [-0.1, -0.05) is 31.2 Å². The summed E-state index contributed by atoms with van der Waals surface area (Å²) in [6.45, 7) is 2.97. The van der Waals surface area contributed by atoms with Gasteiger partial charge in [0.05, 0.1) is 0 Å². The van der Waals surface area contributed by atoms with Crippen LogP contribution in [0.15, 0.2) is 36.4 Å². The third-order valence-corrected chi connectivity index (χ3v) is 5.66. The van der Waals surface area contributed by atoms with Gasteiger partial charge in [0.25, 0.3) is 0 Å². The van der Waals surface area contributed by atoms with Crippen LogP contribution in [-0.2, 0) is 24.7 Å². The van der Waals surface area contributed by atoms with Crippen LogP contribution in [0.3, 0.4) is 0 Å². The second kappa shape index (κ2) is 5.10. The fourth-order valence-corrected chi connectivity index (χ4v) is 4.37. The van der Waals surface area contributed by atoms with E-state index in [1.807, 2.05) is 11.3 Å². The van der Waals surface area contributed by atoms with E-state index in [0.717, 1.165) is 19.4 Å². The van der Waals surface area contributed by atoms with E-state index in [1.165, 1.54) is 33.7 Å². The average Bonchev–Trinajstić information content (AvgIpc) is 3.05. The Morgan fingerprint density at radius 3 is 2.68 bits per heavy atom. The first-order chi connectivity index (χ1) is 9.27. The minimum absolute atomic E-state index is 0.173. The van der Waals surface area contributed by atoms with Crippen molar-refractivity contribution in [2.75, 3.05) is 6.54 Å². The molecule has 3 rings (SSSR count). The zero-order valence-corrected chi connectivity index (χ0v) is 12.3. The molecular weight excluding hydrogens is 250 g/mol. The maximum absolute atomic E-state index is 6.18. The van der Waals surface area contributed by atoms with Gasteiger partial charge in [-0.2, -0.15) is 0 Å². The summed E-state index contributed by atoms with van der Waals surface area (Å²) >= 11 is 1.95. The van der Waals surface area contributed by atoms with E-state index in [4.69, 9.17) is 5.73 Å². The number of nitrogens with two attached hydrogens (primary N) is 1. The molecule has 1 heterocycles. The smallest absolute Gasteiger partial charge is 0.0130 e. The molecule has 2 heteroatoms. The summed E-state index contributed by atoms with van der Waals surface area (Å²) in [6, 6.07) is 13.4. The minimum atomic E-state index is 0.173. The van der Waals surface area contributed by atoms with E-state index in [9.17, 15) is 0 Å². The first-order valence-electron chi connectivity index (χ1n) is 7.13. The van der Waals surface area contributed by atoms with Crippen LogP contribution in [0.5, 0.6) is 0 Å². The standard InChI is InChI=1S/C17H21NS/c1-2-14-7-8-15(19-14)11-17(12-18)10-9-13-5-3-4-6-16(13)17/h3-8H,2,9-12,18H2,1H3. The first kappa shape index (κ1) is 12.9. The van der Waals surface area contributed by atoms with Gasteiger partial charge in [-0.15, -0.1) is 11.3 Å². The molecule has 1 aliphatic rings. The molecule has 2 N–H and O–H groups in total. The number of hydrogen-bond donors (Lipinski definition) is 1. The van der Waals surface area contributed by atoms with E-state index in [1.54, 1.807) is 0 Å². The van der Waals surface area contributed by atoms with Gasteiger partial charge in [0, 0.05) is 21.7 Å². The summed E-state index contributed by atoms with van der Waals surface area (Å²) < 4.78 is 0. The second-order valence-electron chi connectivity index (χ2n) is 5.54. The highest BCUT2D eigenvalue weighted by molar-refractivity contribution is 7.12. The van der Waals surface area contributed by atoms with Crippen molar-refractivity contribution in [2.45, 2.75) is 38.0 Å². The molecule has 1 aromatic heterocycles. The van der Waals surface area contributed by atoms with E-state index in [-0.39, 0.29) is 5.41 Å². The van der Waals surface area contributed by atoms with Gasteiger partial charge in [0.1, 0.15) is 0 Å². The Morgan fingerprint density at radius 2 is 1.95 bits per heavy atom. The molecular formula is C17H21NS. The lowest BCUT2D eigenvalue weighted by molar-refractivity contribution is 0.435. The van der Waals surface area contributed by atoms with Crippen molar-refractivity contribution in [1.29, 1.82) is 0 Å². The molecule has 0 bridgehead atoms. The summed E-state index contributed by atoms with van der Waals surface area (Å²) in [7, 11) is 0. The van der Waals surface area contributed by atoms with Crippen molar-refractivity contribution in [3.05, 3.63) is 57.3 Å². The van der Waals surface area contributed by atoms with Crippen LogP contribution in [0.2, 0.25) is 0 Å². The molecule has 0 spiro atoms. The average molecular weight is 271 g/mol. The van der Waals surface area contributed by atoms with E-state index >= 15 is 0 Å². The van der Waals surface area contributed by atoms with Crippen molar-refractivity contribution in [3.8, 4) is 0 Å². The maximum atomic E-state index is 6.18. The van der Waals surface area contributed by atoms with Gasteiger partial charge in [0.15, 0.2) is 0 Å². The highest BCUT2D eigenvalue weighted by Gasteiger charge is 2.37. The summed E-state index contributed by atoms with van der Waals surface area (Å²) in [6.07, 6.45) is 4.61. The monoisotopic (exact) mass is 271 g/mol. The van der Waals surface area contributed by atoms with Gasteiger partial charge in [-0.05, 0) is 48.9 Å². The molecule has 1 nitrogen and oxygen atoms in total. The summed E-state index contributed by atoms with van der Waals surface area (Å²) in [5, 5.41) is 0. The maximum Gasteiger partial charge on any atom is 0.0130 e. The summed E-state index contributed by atoms with van der Waals surface area (Å²) in [4.78, 5) is 2.97. The van der Waals surface area contributed by atoms with Gasteiger partial charge in [0.2, 0.25) is 0 Å². The first-order valence-corrected chi connectivity index (χ1v) is 7.95. The molecule has 0 fully saturated rings. The molecule has 1 aliphatic carbocycles. The van der Waals surface area contributed by atoms with Crippen molar-refractivity contribution in [1.82, 2.24) is 0 Å². The molecule has 1 unspecified atom stereocenters. The summed E-state index contributed by atoms with van der Waals surface area (Å²) in [5.74, 6) is 0. The molecule has 0 radical (unpaired) electrons. The fourth-order valence-electron chi connectivity index (χ4n) is 3.27. The largest absolute Gasteiger partial charge is 0.330 e. The molecule has 0 amide bonds. The molecule has 1 aromatic carbocycles. The number of thiophene rings is 1. The number of rotatable bonds is 4. The quantitative estimate of drug-likeness (QED) is 0.901. The number of hydrogen-bond acceptors (Lipinski definition) is 2. The van der Waals surface area contributed by atoms with Crippen LogP contribution >= 0.6 is 11.3 Å². The lowest BCUT2D eigenvalue weighted by Crippen LogP contribution is -2.34.